The molecule has 0 bridgehead atoms. The molecule has 1 aliphatic rings. The number of amides is 1. The van der Waals surface area contributed by atoms with E-state index < -0.39 is 23.1 Å². The van der Waals surface area contributed by atoms with Gasteiger partial charge in [-0.1, -0.05) is 26.8 Å². The number of aromatic nitrogens is 2. The predicted octanol–water partition coefficient (Wildman–Crippen LogP) is 3.98. The minimum Gasteiger partial charge on any atom is -0.503 e. The van der Waals surface area contributed by atoms with Gasteiger partial charge in [0.25, 0.3) is 5.91 Å². The van der Waals surface area contributed by atoms with Crippen LogP contribution in [0.4, 0.5) is 5.95 Å². The third kappa shape index (κ3) is 2.70. The van der Waals surface area contributed by atoms with Crippen LogP contribution in [-0.2, 0) is 9.59 Å². The zero-order chi connectivity index (χ0) is 20.2. The Morgan fingerprint density at radius 1 is 1.29 bits per heavy atom. The molecule has 7 nitrogen and oxygen atoms in total. The number of aromatic amines is 1. The summed E-state index contributed by atoms with van der Waals surface area (Å²) in [5.41, 5.74) is 1.72. The fourth-order valence-electron chi connectivity index (χ4n) is 3.40. The first-order chi connectivity index (χ1) is 13.2. The van der Waals surface area contributed by atoms with E-state index in [1.54, 1.807) is 32.9 Å². The molecule has 3 aromatic rings. The molecule has 0 radical (unpaired) electrons. The number of fused-ring (bicyclic) bond motifs is 1. The molecule has 7 heteroatoms. The number of nitrogens with one attached hydrogen (secondary N) is 1. The number of H-pyrrole nitrogens is 1. The van der Waals surface area contributed by atoms with Gasteiger partial charge in [-0.3, -0.25) is 14.5 Å². The van der Waals surface area contributed by atoms with Gasteiger partial charge in [-0.15, -0.1) is 0 Å². The van der Waals surface area contributed by atoms with E-state index in [1.807, 2.05) is 25.1 Å². The maximum atomic E-state index is 13.1. The summed E-state index contributed by atoms with van der Waals surface area (Å²) in [5, 5.41) is 10.6. The van der Waals surface area contributed by atoms with Crippen LogP contribution in [0.1, 0.15) is 38.1 Å². The van der Waals surface area contributed by atoms with Crippen LogP contribution in [0.5, 0.6) is 0 Å². The number of aliphatic hydroxyl groups is 1. The van der Waals surface area contributed by atoms with Crippen molar-refractivity contribution in [3.8, 4) is 0 Å². The monoisotopic (exact) mass is 379 g/mol. The van der Waals surface area contributed by atoms with Gasteiger partial charge in [-0.2, -0.15) is 0 Å². The largest absolute Gasteiger partial charge is 0.503 e. The van der Waals surface area contributed by atoms with Crippen molar-refractivity contribution in [1.29, 1.82) is 0 Å². The van der Waals surface area contributed by atoms with E-state index in [4.69, 9.17) is 4.42 Å². The Morgan fingerprint density at radius 3 is 2.68 bits per heavy atom. The van der Waals surface area contributed by atoms with Gasteiger partial charge >= 0.3 is 0 Å². The van der Waals surface area contributed by atoms with Gasteiger partial charge in [-0.25, -0.2) is 4.98 Å². The van der Waals surface area contributed by atoms with Crippen LogP contribution in [0.2, 0.25) is 0 Å². The first kappa shape index (κ1) is 18.0. The molecule has 28 heavy (non-hydrogen) atoms. The van der Waals surface area contributed by atoms with Crippen molar-refractivity contribution in [2.75, 3.05) is 4.90 Å². The summed E-state index contributed by atoms with van der Waals surface area (Å²) >= 11 is 0. The maximum absolute atomic E-state index is 13.1. The molecule has 144 valence electrons. The lowest BCUT2D eigenvalue weighted by molar-refractivity contribution is -0.123. The molecule has 1 amide bonds. The van der Waals surface area contributed by atoms with Gasteiger partial charge in [-0.05, 0) is 36.8 Å². The van der Waals surface area contributed by atoms with Crippen molar-refractivity contribution in [2.24, 2.45) is 5.41 Å². The molecular formula is C21H21N3O4. The molecule has 0 fully saturated rings. The summed E-state index contributed by atoms with van der Waals surface area (Å²) in [6.45, 7) is 7.18. The zero-order valence-corrected chi connectivity index (χ0v) is 16.1. The number of furan rings is 1. The molecule has 0 spiro atoms. The number of aliphatic hydroxyl groups excluding tert-OH is 1. The SMILES string of the molecule is Cc1ccc2nc(N3C(=O)C(O)=C(C(=O)C(C)(C)C)C3c3ccco3)[nH]c2c1. The summed E-state index contributed by atoms with van der Waals surface area (Å²) in [7, 11) is 0. The molecule has 1 atom stereocenters. The molecule has 4 rings (SSSR count). The fourth-order valence-corrected chi connectivity index (χ4v) is 3.40. The molecule has 0 aliphatic carbocycles. The highest BCUT2D eigenvalue weighted by molar-refractivity contribution is 6.17. The third-order valence-corrected chi connectivity index (χ3v) is 4.80. The molecule has 2 N–H and O–H groups in total. The number of rotatable bonds is 3. The van der Waals surface area contributed by atoms with Gasteiger partial charge < -0.3 is 14.5 Å². The highest BCUT2D eigenvalue weighted by Crippen LogP contribution is 2.43. The minimum absolute atomic E-state index is 0.0177. The molecule has 3 heterocycles. The number of anilines is 1. The van der Waals surface area contributed by atoms with Crippen molar-refractivity contribution >= 4 is 28.7 Å². The van der Waals surface area contributed by atoms with Gasteiger partial charge in [0.05, 0.1) is 22.9 Å². The van der Waals surface area contributed by atoms with E-state index in [-0.39, 0.29) is 17.3 Å². The van der Waals surface area contributed by atoms with Crippen molar-refractivity contribution in [1.82, 2.24) is 9.97 Å². The molecule has 1 unspecified atom stereocenters. The Labute approximate surface area is 161 Å². The molecular weight excluding hydrogens is 358 g/mol. The first-order valence-corrected chi connectivity index (χ1v) is 9.00. The lowest BCUT2D eigenvalue weighted by Crippen LogP contribution is -2.33. The van der Waals surface area contributed by atoms with Crippen LogP contribution in [0.15, 0.2) is 52.3 Å². The number of aryl methyl sites for hydroxylation is 1. The molecule has 0 saturated carbocycles. The summed E-state index contributed by atoms with van der Waals surface area (Å²) in [5.74, 6) is -0.964. The highest BCUT2D eigenvalue weighted by atomic mass is 16.3. The van der Waals surface area contributed by atoms with Gasteiger partial charge in [0.15, 0.2) is 11.5 Å². The fraction of sp³-hybridized carbons (Fsp3) is 0.286. The average Bonchev–Trinajstić information content (AvgIpc) is 3.32. The van der Waals surface area contributed by atoms with Crippen molar-refractivity contribution < 1.29 is 19.1 Å². The number of hydrogen-bond acceptors (Lipinski definition) is 5. The van der Waals surface area contributed by atoms with E-state index in [0.29, 0.717) is 11.3 Å². The third-order valence-electron chi connectivity index (χ3n) is 4.80. The van der Waals surface area contributed by atoms with Crippen LogP contribution in [0.25, 0.3) is 11.0 Å². The van der Waals surface area contributed by atoms with Crippen LogP contribution in [0.3, 0.4) is 0 Å². The number of carbonyl (C=O) groups is 2. The van der Waals surface area contributed by atoms with Crippen molar-refractivity contribution in [2.45, 2.75) is 33.7 Å². The number of nitrogens with zero attached hydrogens (tertiary/aromatic N) is 2. The zero-order valence-electron chi connectivity index (χ0n) is 16.1. The van der Waals surface area contributed by atoms with Crippen LogP contribution in [-0.4, -0.2) is 26.8 Å². The molecule has 0 saturated heterocycles. The topological polar surface area (TPSA) is 99.4 Å². The lowest BCUT2D eigenvalue weighted by Gasteiger charge is -2.25. The Hall–Kier alpha value is -3.35. The predicted molar refractivity (Wildman–Crippen MR) is 104 cm³/mol. The number of benzene rings is 1. The lowest BCUT2D eigenvalue weighted by atomic mass is 9.83. The summed E-state index contributed by atoms with van der Waals surface area (Å²) in [6.07, 6.45) is 1.47. The molecule has 2 aromatic heterocycles. The normalized spacial score (nSPS) is 17.8. The van der Waals surface area contributed by atoms with Crippen molar-refractivity contribution in [3.05, 3.63) is 59.3 Å². The van der Waals surface area contributed by atoms with E-state index in [0.717, 1.165) is 11.1 Å². The quantitative estimate of drug-likeness (QED) is 0.717. The first-order valence-electron chi connectivity index (χ1n) is 9.00. The number of ketones is 1. The van der Waals surface area contributed by atoms with Crippen molar-refractivity contribution in [3.63, 3.8) is 0 Å². The smallest absolute Gasteiger partial charge is 0.296 e. The Bertz CT molecular complexity index is 1120. The second-order valence-corrected chi connectivity index (χ2v) is 8.02. The summed E-state index contributed by atoms with van der Waals surface area (Å²) in [4.78, 5) is 34.9. The van der Waals surface area contributed by atoms with Gasteiger partial charge in [0.1, 0.15) is 11.8 Å². The van der Waals surface area contributed by atoms with E-state index in [2.05, 4.69) is 9.97 Å². The minimum atomic E-state index is -0.893. The second kappa shape index (κ2) is 6.09. The number of Topliss-reactive ketones (excluding diaryl/α,β-unsaturated/α-hetero) is 1. The van der Waals surface area contributed by atoms with Crippen LogP contribution < -0.4 is 4.90 Å². The van der Waals surface area contributed by atoms with E-state index >= 15 is 0 Å². The summed E-state index contributed by atoms with van der Waals surface area (Å²) < 4.78 is 5.52. The number of imidazole rings is 1. The maximum Gasteiger partial charge on any atom is 0.296 e. The average molecular weight is 379 g/mol. The highest BCUT2D eigenvalue weighted by Gasteiger charge is 2.48. The van der Waals surface area contributed by atoms with Crippen LogP contribution >= 0.6 is 0 Å². The number of hydrogen-bond donors (Lipinski definition) is 2. The van der Waals surface area contributed by atoms with Gasteiger partial charge in [0, 0.05) is 5.41 Å². The second-order valence-electron chi connectivity index (χ2n) is 8.02. The van der Waals surface area contributed by atoms with Gasteiger partial charge in [0.2, 0.25) is 5.95 Å². The molecule has 1 aliphatic heterocycles. The van der Waals surface area contributed by atoms with E-state index in [1.165, 1.54) is 11.2 Å². The molecule has 1 aromatic carbocycles. The summed E-state index contributed by atoms with van der Waals surface area (Å²) in [6, 6.07) is 8.15. The standard InChI is InChI=1S/C21H21N3O4/c1-11-7-8-12-13(10-11)23-20(22-12)24-16(14-6-5-9-28-14)15(17(25)19(24)27)18(26)21(2,3)4/h5-10,16,25H,1-4H3,(H,22,23). The van der Waals surface area contributed by atoms with Crippen LogP contribution in [0, 0.1) is 12.3 Å². The Balaban J connectivity index is 1.89. The van der Waals surface area contributed by atoms with E-state index in [9.17, 15) is 14.7 Å². The number of carbonyl (C=O) groups excluding carboxylic acids is 2. The Morgan fingerprint density at radius 2 is 2.04 bits per heavy atom. The Kier molecular flexibility index (Phi) is 3.92.